The summed E-state index contributed by atoms with van der Waals surface area (Å²) < 4.78 is 44.6. The first kappa shape index (κ1) is 21.2. The summed E-state index contributed by atoms with van der Waals surface area (Å²) in [4.78, 5) is 24.4. The Morgan fingerprint density at radius 3 is 2.39 bits per heavy atom. The van der Waals surface area contributed by atoms with Crippen LogP contribution >= 0.6 is 0 Å². The average molecular weight is 409 g/mol. The number of rotatable bonds is 7. The van der Waals surface area contributed by atoms with Crippen molar-refractivity contribution in [3.63, 3.8) is 0 Å². The van der Waals surface area contributed by atoms with Crippen molar-refractivity contribution in [2.24, 2.45) is 0 Å². The summed E-state index contributed by atoms with van der Waals surface area (Å²) in [7, 11) is -3.58. The topological polar surface area (TPSA) is 114 Å². The van der Waals surface area contributed by atoms with Gasteiger partial charge in [-0.2, -0.15) is 0 Å². The molecule has 1 atom stereocenters. The molecule has 150 valence electrons. The van der Waals surface area contributed by atoms with Crippen molar-refractivity contribution < 1.29 is 27.1 Å². The minimum Gasteiger partial charge on any atom is -0.478 e. The highest BCUT2D eigenvalue weighted by molar-refractivity contribution is 7.92. The van der Waals surface area contributed by atoms with Gasteiger partial charge in [0.05, 0.1) is 17.0 Å². The highest BCUT2D eigenvalue weighted by atomic mass is 32.2. The Labute approximate surface area is 162 Å². The molecular formula is C18H20FN3O5S. The van der Waals surface area contributed by atoms with Gasteiger partial charge in [0.15, 0.2) is 17.7 Å². The van der Waals surface area contributed by atoms with Crippen LogP contribution in [0.1, 0.15) is 24.2 Å². The first-order valence-corrected chi connectivity index (χ1v) is 9.99. The molecule has 10 heteroatoms. The molecule has 2 amide bonds. The van der Waals surface area contributed by atoms with Crippen molar-refractivity contribution in [3.05, 3.63) is 59.9 Å². The van der Waals surface area contributed by atoms with E-state index in [1.165, 1.54) is 44.2 Å². The van der Waals surface area contributed by atoms with E-state index >= 15 is 0 Å². The fraction of sp³-hybridized carbons (Fsp3) is 0.222. The lowest BCUT2D eigenvalue weighted by molar-refractivity contribution is -0.128. The van der Waals surface area contributed by atoms with E-state index in [-0.39, 0.29) is 22.8 Å². The van der Waals surface area contributed by atoms with Crippen LogP contribution in [0.3, 0.4) is 0 Å². The van der Waals surface area contributed by atoms with Crippen molar-refractivity contribution >= 4 is 27.5 Å². The van der Waals surface area contributed by atoms with Crippen LogP contribution in [0.2, 0.25) is 0 Å². The second-order valence-electron chi connectivity index (χ2n) is 5.68. The van der Waals surface area contributed by atoms with Gasteiger partial charge in [-0.3, -0.25) is 25.2 Å². The molecule has 2 aromatic rings. The van der Waals surface area contributed by atoms with Crippen LogP contribution in [0.15, 0.2) is 48.5 Å². The van der Waals surface area contributed by atoms with Crippen molar-refractivity contribution in [1.29, 1.82) is 0 Å². The van der Waals surface area contributed by atoms with Crippen molar-refractivity contribution in [2.45, 2.75) is 20.0 Å². The summed E-state index contributed by atoms with van der Waals surface area (Å²) >= 11 is 0. The Kier molecular flexibility index (Phi) is 6.94. The number of nitrogens with one attached hydrogen (secondary N) is 3. The smallest absolute Gasteiger partial charge is 0.279 e. The SMILES string of the molecule is CCS(=O)(=O)Nc1ccccc1C(=O)NNC(=O)C(C)Oc1ccccc1F. The lowest BCUT2D eigenvalue weighted by Gasteiger charge is -2.16. The van der Waals surface area contributed by atoms with E-state index in [4.69, 9.17) is 4.74 Å². The van der Waals surface area contributed by atoms with E-state index in [0.717, 1.165) is 0 Å². The van der Waals surface area contributed by atoms with Gasteiger partial charge in [-0.05, 0) is 38.1 Å². The van der Waals surface area contributed by atoms with Crippen LogP contribution in [-0.2, 0) is 14.8 Å². The molecule has 0 spiro atoms. The number of ether oxygens (including phenoxy) is 1. The third kappa shape index (κ3) is 5.68. The van der Waals surface area contributed by atoms with Crippen LogP contribution in [-0.4, -0.2) is 32.1 Å². The Hall–Kier alpha value is -3.14. The van der Waals surface area contributed by atoms with Crippen LogP contribution in [0.25, 0.3) is 0 Å². The minimum absolute atomic E-state index is 0.0162. The van der Waals surface area contributed by atoms with E-state index in [0.29, 0.717) is 0 Å². The zero-order valence-electron chi connectivity index (χ0n) is 15.2. The summed E-state index contributed by atoms with van der Waals surface area (Å²) in [5.41, 5.74) is 4.43. The molecule has 0 aliphatic carbocycles. The fourth-order valence-electron chi connectivity index (χ4n) is 2.08. The maximum absolute atomic E-state index is 13.6. The molecule has 0 saturated heterocycles. The second-order valence-corrected chi connectivity index (χ2v) is 7.70. The highest BCUT2D eigenvalue weighted by Gasteiger charge is 2.19. The zero-order valence-corrected chi connectivity index (χ0v) is 16.0. The van der Waals surface area contributed by atoms with Gasteiger partial charge in [0.1, 0.15) is 0 Å². The number of carbonyl (C=O) groups excluding carboxylic acids is 2. The van der Waals surface area contributed by atoms with Crippen molar-refractivity contribution in [1.82, 2.24) is 10.9 Å². The molecule has 2 aromatic carbocycles. The van der Waals surface area contributed by atoms with Crippen LogP contribution in [0.4, 0.5) is 10.1 Å². The number of carbonyl (C=O) groups is 2. The monoisotopic (exact) mass is 409 g/mol. The maximum atomic E-state index is 13.6. The number of hydrazine groups is 1. The number of halogens is 1. The van der Waals surface area contributed by atoms with Crippen LogP contribution in [0, 0.1) is 5.82 Å². The van der Waals surface area contributed by atoms with Gasteiger partial charge in [0.25, 0.3) is 11.8 Å². The lowest BCUT2D eigenvalue weighted by atomic mass is 10.2. The number of anilines is 1. The Morgan fingerprint density at radius 2 is 1.71 bits per heavy atom. The average Bonchev–Trinajstić information content (AvgIpc) is 2.67. The van der Waals surface area contributed by atoms with Gasteiger partial charge in [-0.15, -0.1) is 0 Å². The van der Waals surface area contributed by atoms with Crippen molar-refractivity contribution in [3.8, 4) is 5.75 Å². The van der Waals surface area contributed by atoms with Crippen LogP contribution in [0.5, 0.6) is 5.75 Å². The quantitative estimate of drug-likeness (QED) is 0.604. The van der Waals surface area contributed by atoms with Crippen LogP contribution < -0.4 is 20.3 Å². The number of hydrogen-bond acceptors (Lipinski definition) is 5. The van der Waals surface area contributed by atoms with Gasteiger partial charge in [0.2, 0.25) is 10.0 Å². The molecule has 0 fully saturated rings. The predicted octanol–water partition coefficient (Wildman–Crippen LogP) is 1.82. The van der Waals surface area contributed by atoms with E-state index in [2.05, 4.69) is 15.6 Å². The first-order valence-electron chi connectivity index (χ1n) is 8.34. The van der Waals surface area contributed by atoms with Gasteiger partial charge < -0.3 is 4.74 Å². The van der Waals surface area contributed by atoms with Gasteiger partial charge in [-0.25, -0.2) is 12.8 Å². The predicted molar refractivity (Wildman–Crippen MR) is 102 cm³/mol. The molecule has 0 aliphatic heterocycles. The van der Waals surface area contributed by atoms with E-state index in [1.54, 1.807) is 18.2 Å². The molecule has 8 nitrogen and oxygen atoms in total. The molecule has 3 N–H and O–H groups in total. The molecule has 0 aromatic heterocycles. The first-order chi connectivity index (χ1) is 13.2. The standard InChI is InChI=1S/C18H20FN3O5S/c1-3-28(25,26)22-15-10-6-4-8-13(15)18(24)21-20-17(23)12(2)27-16-11-7-5-9-14(16)19/h4-12,22H,3H2,1-2H3,(H,20,23)(H,21,24). The summed E-state index contributed by atoms with van der Waals surface area (Å²) in [6, 6.07) is 11.5. The molecule has 0 bridgehead atoms. The molecule has 0 heterocycles. The maximum Gasteiger partial charge on any atom is 0.279 e. The summed E-state index contributed by atoms with van der Waals surface area (Å²) in [5, 5.41) is 0. The number of hydrogen-bond donors (Lipinski definition) is 3. The number of amides is 2. The number of sulfonamides is 1. The summed E-state index contributed by atoms with van der Waals surface area (Å²) in [5.74, 6) is -2.34. The zero-order chi connectivity index (χ0) is 20.7. The third-order valence-corrected chi connectivity index (χ3v) is 4.92. The Bertz CT molecular complexity index is 965. The number of para-hydroxylation sites is 2. The van der Waals surface area contributed by atoms with Gasteiger partial charge >= 0.3 is 0 Å². The molecule has 1 unspecified atom stereocenters. The van der Waals surface area contributed by atoms with E-state index in [1.807, 2.05) is 0 Å². The van der Waals surface area contributed by atoms with E-state index < -0.39 is 33.8 Å². The Balaban J connectivity index is 2.00. The molecule has 0 radical (unpaired) electrons. The molecule has 0 saturated carbocycles. The molecule has 2 rings (SSSR count). The van der Waals surface area contributed by atoms with Gasteiger partial charge in [0, 0.05) is 0 Å². The summed E-state index contributed by atoms with van der Waals surface area (Å²) in [6.07, 6.45) is -1.09. The second kappa shape index (κ2) is 9.18. The third-order valence-electron chi connectivity index (χ3n) is 3.63. The Morgan fingerprint density at radius 1 is 1.07 bits per heavy atom. The summed E-state index contributed by atoms with van der Waals surface area (Å²) in [6.45, 7) is 2.85. The van der Waals surface area contributed by atoms with E-state index in [9.17, 15) is 22.4 Å². The van der Waals surface area contributed by atoms with Crippen molar-refractivity contribution in [2.75, 3.05) is 10.5 Å². The highest BCUT2D eigenvalue weighted by Crippen LogP contribution is 2.18. The minimum atomic E-state index is -3.58. The lowest BCUT2D eigenvalue weighted by Crippen LogP contribution is -2.47. The molecule has 0 aliphatic rings. The van der Waals surface area contributed by atoms with Gasteiger partial charge in [-0.1, -0.05) is 24.3 Å². The normalized spacial score (nSPS) is 12.0. The fourth-order valence-corrected chi connectivity index (χ4v) is 2.74. The molecule has 28 heavy (non-hydrogen) atoms. The molecular weight excluding hydrogens is 389 g/mol. The largest absolute Gasteiger partial charge is 0.478 e. The number of benzene rings is 2.